The van der Waals surface area contributed by atoms with Gasteiger partial charge in [0.1, 0.15) is 5.82 Å². The van der Waals surface area contributed by atoms with E-state index in [2.05, 4.69) is 0 Å². The molecule has 134 valence electrons. The summed E-state index contributed by atoms with van der Waals surface area (Å²) in [5.74, 6) is -0.196. The van der Waals surface area contributed by atoms with Crippen LogP contribution in [0.25, 0.3) is 0 Å². The smallest absolute Gasteiger partial charge is 0.254 e. The van der Waals surface area contributed by atoms with Gasteiger partial charge in [0, 0.05) is 30.8 Å². The number of hydrogen-bond donors (Lipinski definition) is 0. The molecule has 0 radical (unpaired) electrons. The molecule has 4 rings (SSSR count). The van der Waals surface area contributed by atoms with Gasteiger partial charge in [0.05, 0.1) is 6.04 Å². The van der Waals surface area contributed by atoms with Gasteiger partial charge >= 0.3 is 0 Å². The van der Waals surface area contributed by atoms with Gasteiger partial charge in [0.15, 0.2) is 0 Å². The Kier molecular flexibility index (Phi) is 4.45. The standard InChI is InChI=1S/C21H21FN2O2/c22-17-10-8-15(9-11-17)19-6-2-13-24(19)21(26)16-4-1-5-18(14-16)23-12-3-7-20(23)25/h1,4-5,8-11,14,19H,2-3,6-7,12-13H2. The van der Waals surface area contributed by atoms with E-state index in [1.165, 1.54) is 12.1 Å². The van der Waals surface area contributed by atoms with Crippen LogP contribution >= 0.6 is 0 Å². The molecule has 2 aliphatic heterocycles. The molecule has 26 heavy (non-hydrogen) atoms. The van der Waals surface area contributed by atoms with Crippen molar-refractivity contribution >= 4 is 17.5 Å². The normalized spacial score (nSPS) is 20.0. The Labute approximate surface area is 152 Å². The second-order valence-corrected chi connectivity index (χ2v) is 6.91. The van der Waals surface area contributed by atoms with E-state index in [4.69, 9.17) is 0 Å². The first-order valence-corrected chi connectivity index (χ1v) is 9.10. The first-order chi connectivity index (χ1) is 12.6. The molecule has 2 saturated heterocycles. The molecule has 0 spiro atoms. The van der Waals surface area contributed by atoms with E-state index in [0.717, 1.165) is 30.5 Å². The molecule has 2 fully saturated rings. The van der Waals surface area contributed by atoms with Gasteiger partial charge in [-0.3, -0.25) is 9.59 Å². The minimum atomic E-state index is -0.271. The van der Waals surface area contributed by atoms with Crippen molar-refractivity contribution in [2.45, 2.75) is 31.7 Å². The molecule has 0 saturated carbocycles. The highest BCUT2D eigenvalue weighted by atomic mass is 19.1. The lowest BCUT2D eigenvalue weighted by molar-refractivity contribution is -0.117. The van der Waals surface area contributed by atoms with Gasteiger partial charge in [-0.1, -0.05) is 18.2 Å². The summed E-state index contributed by atoms with van der Waals surface area (Å²) < 4.78 is 13.2. The predicted octanol–water partition coefficient (Wildman–Crippen LogP) is 3.93. The molecule has 0 bridgehead atoms. The van der Waals surface area contributed by atoms with Crippen molar-refractivity contribution in [3.05, 3.63) is 65.5 Å². The molecule has 2 aliphatic rings. The lowest BCUT2D eigenvalue weighted by Crippen LogP contribution is -2.31. The number of anilines is 1. The Morgan fingerprint density at radius 2 is 1.85 bits per heavy atom. The first kappa shape index (κ1) is 16.8. The number of halogens is 1. The lowest BCUT2D eigenvalue weighted by Gasteiger charge is -2.26. The van der Waals surface area contributed by atoms with E-state index < -0.39 is 0 Å². The van der Waals surface area contributed by atoms with Gasteiger partial charge in [-0.2, -0.15) is 0 Å². The Morgan fingerprint density at radius 3 is 2.58 bits per heavy atom. The van der Waals surface area contributed by atoms with Crippen LogP contribution in [0.5, 0.6) is 0 Å². The summed E-state index contributed by atoms with van der Waals surface area (Å²) in [6.45, 7) is 1.39. The highest BCUT2D eigenvalue weighted by Crippen LogP contribution is 2.34. The summed E-state index contributed by atoms with van der Waals surface area (Å²) >= 11 is 0. The number of carbonyl (C=O) groups is 2. The largest absolute Gasteiger partial charge is 0.332 e. The molecule has 2 aromatic carbocycles. The number of amides is 2. The molecule has 5 heteroatoms. The van der Waals surface area contributed by atoms with Crippen molar-refractivity contribution in [3.63, 3.8) is 0 Å². The topological polar surface area (TPSA) is 40.6 Å². The van der Waals surface area contributed by atoms with E-state index >= 15 is 0 Å². The summed E-state index contributed by atoms with van der Waals surface area (Å²) in [4.78, 5) is 28.7. The van der Waals surface area contributed by atoms with Gasteiger partial charge in [-0.25, -0.2) is 4.39 Å². The minimum absolute atomic E-state index is 0.0276. The molecule has 0 N–H and O–H groups in total. The summed E-state index contributed by atoms with van der Waals surface area (Å²) in [5.41, 5.74) is 2.34. The van der Waals surface area contributed by atoms with E-state index in [9.17, 15) is 14.0 Å². The van der Waals surface area contributed by atoms with Crippen LogP contribution in [-0.4, -0.2) is 29.8 Å². The fraction of sp³-hybridized carbons (Fsp3) is 0.333. The number of rotatable bonds is 3. The van der Waals surface area contributed by atoms with Gasteiger partial charge in [-0.15, -0.1) is 0 Å². The monoisotopic (exact) mass is 352 g/mol. The maximum Gasteiger partial charge on any atom is 0.254 e. The van der Waals surface area contributed by atoms with Gasteiger partial charge in [-0.05, 0) is 55.2 Å². The highest BCUT2D eigenvalue weighted by molar-refractivity contribution is 5.99. The summed E-state index contributed by atoms with van der Waals surface area (Å²) in [7, 11) is 0. The molecular formula is C21H21FN2O2. The van der Waals surface area contributed by atoms with Crippen LogP contribution in [0, 0.1) is 5.82 Å². The summed E-state index contributed by atoms with van der Waals surface area (Å²) in [6.07, 6.45) is 3.23. The third-order valence-corrected chi connectivity index (χ3v) is 5.25. The van der Waals surface area contributed by atoms with E-state index in [0.29, 0.717) is 25.1 Å². The molecule has 2 amide bonds. The van der Waals surface area contributed by atoms with E-state index in [-0.39, 0.29) is 23.7 Å². The third kappa shape index (κ3) is 3.09. The molecule has 1 unspecified atom stereocenters. The Hall–Kier alpha value is -2.69. The van der Waals surface area contributed by atoms with Crippen molar-refractivity contribution in [3.8, 4) is 0 Å². The van der Waals surface area contributed by atoms with Crippen molar-refractivity contribution in [2.24, 2.45) is 0 Å². The summed E-state index contributed by atoms with van der Waals surface area (Å²) in [6, 6.07) is 13.7. The molecule has 2 heterocycles. The Morgan fingerprint density at radius 1 is 1.04 bits per heavy atom. The average molecular weight is 352 g/mol. The zero-order valence-electron chi connectivity index (χ0n) is 14.5. The zero-order valence-corrected chi connectivity index (χ0v) is 14.5. The lowest BCUT2D eigenvalue weighted by atomic mass is 10.0. The summed E-state index contributed by atoms with van der Waals surface area (Å²) in [5, 5.41) is 0. The molecule has 0 aliphatic carbocycles. The van der Waals surface area contributed by atoms with E-state index in [1.54, 1.807) is 23.1 Å². The van der Waals surface area contributed by atoms with Gasteiger partial charge in [0.25, 0.3) is 5.91 Å². The number of benzene rings is 2. The number of likely N-dealkylation sites (tertiary alicyclic amines) is 1. The molecule has 4 nitrogen and oxygen atoms in total. The predicted molar refractivity (Wildman–Crippen MR) is 97.4 cm³/mol. The molecule has 0 aromatic heterocycles. The maximum atomic E-state index is 13.2. The van der Waals surface area contributed by atoms with E-state index in [1.807, 2.05) is 23.1 Å². The van der Waals surface area contributed by atoms with Crippen molar-refractivity contribution in [1.29, 1.82) is 0 Å². The van der Waals surface area contributed by atoms with Crippen LogP contribution in [0.1, 0.15) is 47.6 Å². The van der Waals surface area contributed by atoms with Crippen molar-refractivity contribution in [2.75, 3.05) is 18.0 Å². The van der Waals surface area contributed by atoms with Gasteiger partial charge in [0.2, 0.25) is 5.91 Å². The Bertz CT molecular complexity index is 834. The fourth-order valence-corrected chi connectivity index (χ4v) is 3.94. The molecular weight excluding hydrogens is 331 g/mol. The number of carbonyl (C=O) groups excluding carboxylic acids is 2. The second kappa shape index (κ2) is 6.90. The zero-order chi connectivity index (χ0) is 18.1. The van der Waals surface area contributed by atoms with Crippen molar-refractivity contribution < 1.29 is 14.0 Å². The van der Waals surface area contributed by atoms with Crippen LogP contribution in [0.3, 0.4) is 0 Å². The number of nitrogens with zero attached hydrogens (tertiary/aromatic N) is 2. The quantitative estimate of drug-likeness (QED) is 0.840. The van der Waals surface area contributed by atoms with Crippen LogP contribution in [0.15, 0.2) is 48.5 Å². The maximum absolute atomic E-state index is 13.2. The van der Waals surface area contributed by atoms with Gasteiger partial charge < -0.3 is 9.80 Å². The average Bonchev–Trinajstić information content (AvgIpc) is 3.31. The first-order valence-electron chi connectivity index (χ1n) is 9.10. The SMILES string of the molecule is O=C1CCCN1c1cccc(C(=O)N2CCCC2c2ccc(F)cc2)c1. The minimum Gasteiger partial charge on any atom is -0.332 e. The van der Waals surface area contributed by atoms with Crippen LogP contribution in [-0.2, 0) is 4.79 Å². The van der Waals surface area contributed by atoms with Crippen LogP contribution in [0.4, 0.5) is 10.1 Å². The number of hydrogen-bond acceptors (Lipinski definition) is 2. The van der Waals surface area contributed by atoms with Crippen LogP contribution in [0.2, 0.25) is 0 Å². The third-order valence-electron chi connectivity index (χ3n) is 5.25. The molecule has 1 atom stereocenters. The van der Waals surface area contributed by atoms with Crippen LogP contribution < -0.4 is 4.90 Å². The fourth-order valence-electron chi connectivity index (χ4n) is 3.94. The highest BCUT2D eigenvalue weighted by Gasteiger charge is 2.31. The molecule has 2 aromatic rings. The Balaban J connectivity index is 1.58. The second-order valence-electron chi connectivity index (χ2n) is 6.91. The van der Waals surface area contributed by atoms with Crippen molar-refractivity contribution in [1.82, 2.24) is 4.90 Å².